The zero-order chi connectivity index (χ0) is 18.6. The summed E-state index contributed by atoms with van der Waals surface area (Å²) < 4.78 is 0. The second-order valence-electron chi connectivity index (χ2n) is 7.31. The van der Waals surface area contributed by atoms with Crippen LogP contribution in [-0.2, 0) is 9.68 Å². The van der Waals surface area contributed by atoms with E-state index in [1.165, 1.54) is 89.9 Å². The van der Waals surface area contributed by atoms with Gasteiger partial charge in [0.05, 0.1) is 6.42 Å². The lowest BCUT2D eigenvalue weighted by Crippen LogP contribution is -2.29. The molecule has 0 aromatic heterocycles. The Morgan fingerprint density at radius 3 is 1.48 bits per heavy atom. The minimum Gasteiger partial charge on any atom is -0.303 e. The van der Waals surface area contributed by atoms with Crippen molar-refractivity contribution in [2.24, 2.45) is 0 Å². The van der Waals surface area contributed by atoms with Crippen molar-refractivity contribution in [3.63, 3.8) is 0 Å². The van der Waals surface area contributed by atoms with E-state index >= 15 is 0 Å². The summed E-state index contributed by atoms with van der Waals surface area (Å²) in [6, 6.07) is 0. The van der Waals surface area contributed by atoms with Crippen molar-refractivity contribution in [2.45, 2.75) is 110 Å². The van der Waals surface area contributed by atoms with E-state index in [0.29, 0.717) is 6.42 Å². The maximum atomic E-state index is 11.2. The van der Waals surface area contributed by atoms with Crippen LogP contribution < -0.4 is 0 Å². The summed E-state index contributed by atoms with van der Waals surface area (Å²) in [5.74, 6) is -0.413. The Kier molecular flexibility index (Phi) is 19.2. The molecule has 4 nitrogen and oxygen atoms in total. The average molecular weight is 359 g/mol. The molecule has 0 amide bonds. The molecule has 0 aliphatic heterocycles. The van der Waals surface area contributed by atoms with Crippen molar-refractivity contribution >= 4 is 5.97 Å². The summed E-state index contributed by atoms with van der Waals surface area (Å²) in [5, 5.41) is 6.68. The first kappa shape index (κ1) is 24.4. The molecule has 0 aromatic carbocycles. The van der Waals surface area contributed by atoms with Gasteiger partial charge < -0.3 is 4.90 Å². The van der Waals surface area contributed by atoms with Gasteiger partial charge in [-0.15, -0.1) is 0 Å². The highest BCUT2D eigenvalue weighted by Crippen LogP contribution is 2.10. The zero-order valence-corrected chi connectivity index (χ0v) is 17.0. The molecule has 0 aliphatic rings. The Morgan fingerprint density at radius 2 is 1.08 bits per heavy atom. The molecule has 4 heteroatoms. The average Bonchev–Trinajstić information content (AvgIpc) is 2.63. The summed E-state index contributed by atoms with van der Waals surface area (Å²) in [7, 11) is 0. The van der Waals surface area contributed by atoms with Gasteiger partial charge in [0.15, 0.2) is 0 Å². The molecule has 0 fully saturated rings. The number of rotatable bonds is 19. The van der Waals surface area contributed by atoms with Gasteiger partial charge in [0.2, 0.25) is 0 Å². The van der Waals surface area contributed by atoms with Crippen LogP contribution in [0.1, 0.15) is 110 Å². The number of nitrogens with zero attached hydrogens (tertiary/aromatic N) is 1. The van der Waals surface area contributed by atoms with Crippen LogP contribution in [0.4, 0.5) is 0 Å². The molecule has 2 N–H and O–H groups in total. The van der Waals surface area contributed by atoms with Crippen LogP contribution >= 0.6 is 0 Å². The van der Waals surface area contributed by atoms with Gasteiger partial charge in [0.1, 0.15) is 0 Å². The summed E-state index contributed by atoms with van der Waals surface area (Å²) in [6.45, 7) is 7.40. The standard InChI is InChI=1S/C21H43NO3/c1-3-5-7-9-11-13-15-18-22(20-17-21(23)25-24)19-16-14-12-10-8-6-4-2/h24H,3-20H2,1-2H3/p+1. The monoisotopic (exact) mass is 358 g/mol. The highest BCUT2D eigenvalue weighted by Gasteiger charge is 2.10. The van der Waals surface area contributed by atoms with Crippen molar-refractivity contribution in [1.29, 1.82) is 0 Å². The first-order chi connectivity index (χ1) is 12.2. The Bertz CT molecular complexity index is 266. The molecule has 0 rings (SSSR count). The second-order valence-corrected chi connectivity index (χ2v) is 7.31. The molecule has 25 heavy (non-hydrogen) atoms. The molecule has 0 radical (unpaired) electrons. The molecule has 0 saturated heterocycles. The predicted octanol–water partition coefficient (Wildman–Crippen LogP) is 5.36. The van der Waals surface area contributed by atoms with Gasteiger partial charge in [0, 0.05) is 6.54 Å². The highest BCUT2D eigenvalue weighted by atomic mass is 17.1. The van der Waals surface area contributed by atoms with E-state index in [9.17, 15) is 4.79 Å². The number of hydrogen-bond acceptors (Lipinski definition) is 3. The van der Waals surface area contributed by atoms with E-state index in [1.54, 1.807) is 0 Å². The Hall–Kier alpha value is -0.610. The maximum absolute atomic E-state index is 11.2. The summed E-state index contributed by atoms with van der Waals surface area (Å²) in [5.41, 5.74) is 0. The van der Waals surface area contributed by atoms with E-state index in [-0.39, 0.29) is 0 Å². The van der Waals surface area contributed by atoms with Crippen LogP contribution in [-0.4, -0.2) is 35.8 Å². The summed E-state index contributed by atoms with van der Waals surface area (Å²) in [4.78, 5) is 17.7. The molecule has 0 unspecified atom stereocenters. The molecule has 150 valence electrons. The van der Waals surface area contributed by atoms with Crippen molar-refractivity contribution in [1.82, 2.24) is 4.90 Å². The molecular weight excluding hydrogens is 314 g/mol. The third kappa shape index (κ3) is 18.0. The SMILES string of the molecule is CCCCCCCCCN(CCCCCCCCC)CCC(=O)O[OH2+]. The molecule has 0 spiro atoms. The number of carbonyl (C=O) groups excluding carboxylic acids is 1. The Morgan fingerprint density at radius 1 is 0.680 bits per heavy atom. The van der Waals surface area contributed by atoms with E-state index < -0.39 is 5.97 Å². The fourth-order valence-electron chi connectivity index (χ4n) is 3.22. The van der Waals surface area contributed by atoms with E-state index in [1.807, 2.05) is 0 Å². The van der Waals surface area contributed by atoms with Crippen LogP contribution in [0.3, 0.4) is 0 Å². The first-order valence-corrected chi connectivity index (χ1v) is 10.8. The van der Waals surface area contributed by atoms with Crippen LogP contribution in [0.2, 0.25) is 0 Å². The smallest absolute Gasteiger partial charge is 0.303 e. The minimum absolute atomic E-state index is 0.344. The third-order valence-corrected chi connectivity index (χ3v) is 4.90. The molecule has 0 bridgehead atoms. The van der Waals surface area contributed by atoms with Crippen molar-refractivity contribution < 1.29 is 14.9 Å². The molecule has 0 heterocycles. The quantitative estimate of drug-likeness (QED) is 0.135. The lowest BCUT2D eigenvalue weighted by molar-refractivity contribution is -0.234. The third-order valence-electron chi connectivity index (χ3n) is 4.90. The van der Waals surface area contributed by atoms with Crippen molar-refractivity contribution in [2.75, 3.05) is 19.6 Å². The van der Waals surface area contributed by atoms with Crippen LogP contribution in [0.25, 0.3) is 0 Å². The zero-order valence-electron chi connectivity index (χ0n) is 17.0. The molecular formula is C21H44NO3+. The minimum atomic E-state index is -0.413. The summed E-state index contributed by atoms with van der Waals surface area (Å²) in [6.07, 6.45) is 18.8. The van der Waals surface area contributed by atoms with E-state index in [2.05, 4.69) is 23.6 Å². The van der Waals surface area contributed by atoms with Gasteiger partial charge in [-0.2, -0.15) is 4.89 Å². The van der Waals surface area contributed by atoms with E-state index in [4.69, 9.17) is 5.26 Å². The fourth-order valence-corrected chi connectivity index (χ4v) is 3.22. The Balaban J connectivity index is 3.80. The van der Waals surface area contributed by atoms with Crippen LogP contribution in [0, 0.1) is 0 Å². The number of unbranched alkanes of at least 4 members (excludes halogenated alkanes) is 12. The normalized spacial score (nSPS) is 11.2. The summed E-state index contributed by atoms with van der Waals surface area (Å²) >= 11 is 0. The van der Waals surface area contributed by atoms with Crippen LogP contribution in [0.5, 0.6) is 0 Å². The second kappa shape index (κ2) is 19.7. The van der Waals surface area contributed by atoms with Crippen LogP contribution in [0.15, 0.2) is 0 Å². The lowest BCUT2D eigenvalue weighted by Gasteiger charge is -2.21. The first-order valence-electron chi connectivity index (χ1n) is 10.8. The fraction of sp³-hybridized carbons (Fsp3) is 0.952. The Labute approximate surface area is 156 Å². The molecule has 0 aliphatic carbocycles. The highest BCUT2D eigenvalue weighted by molar-refractivity contribution is 5.68. The van der Waals surface area contributed by atoms with Gasteiger partial charge >= 0.3 is 5.97 Å². The number of carbonyl (C=O) groups is 1. The van der Waals surface area contributed by atoms with Gasteiger partial charge in [-0.25, -0.2) is 10.1 Å². The largest absolute Gasteiger partial charge is 0.390 e. The molecule has 0 saturated carbocycles. The lowest BCUT2D eigenvalue weighted by atomic mass is 10.1. The predicted molar refractivity (Wildman–Crippen MR) is 107 cm³/mol. The van der Waals surface area contributed by atoms with Gasteiger partial charge in [0.25, 0.3) is 0 Å². The molecule has 0 aromatic rings. The van der Waals surface area contributed by atoms with Gasteiger partial charge in [-0.3, -0.25) is 0 Å². The van der Waals surface area contributed by atoms with Gasteiger partial charge in [-0.05, 0) is 25.9 Å². The molecule has 0 atom stereocenters. The number of hydrogen-bond donors (Lipinski definition) is 0. The topological polar surface area (TPSA) is 52.4 Å². The van der Waals surface area contributed by atoms with Gasteiger partial charge in [-0.1, -0.05) is 90.9 Å². The van der Waals surface area contributed by atoms with E-state index in [0.717, 1.165) is 19.6 Å². The van der Waals surface area contributed by atoms with Crippen molar-refractivity contribution in [3.05, 3.63) is 0 Å². The van der Waals surface area contributed by atoms with Crippen molar-refractivity contribution in [3.8, 4) is 0 Å². The maximum Gasteiger partial charge on any atom is 0.390 e.